The van der Waals surface area contributed by atoms with Crippen LogP contribution in [0, 0.1) is 5.92 Å². The van der Waals surface area contributed by atoms with Crippen molar-refractivity contribution >= 4 is 62.1 Å². The second kappa shape index (κ2) is 8.08. The van der Waals surface area contributed by atoms with Crippen molar-refractivity contribution in [3.05, 3.63) is 44.8 Å². The first-order valence-electron chi connectivity index (χ1n) is 9.39. The van der Waals surface area contributed by atoms with E-state index in [0.717, 1.165) is 12.8 Å². The lowest BCUT2D eigenvalue weighted by Gasteiger charge is -2.13. The number of halogens is 1. The van der Waals surface area contributed by atoms with Crippen molar-refractivity contribution in [3.8, 4) is 0 Å². The third-order valence-electron chi connectivity index (χ3n) is 4.87. The Labute approximate surface area is 180 Å². The van der Waals surface area contributed by atoms with Crippen LogP contribution in [-0.4, -0.2) is 28.5 Å². The molecule has 3 aromatic rings. The Morgan fingerprint density at radius 2 is 2.13 bits per heavy atom. The lowest BCUT2D eigenvalue weighted by atomic mass is 10.2. The molecule has 0 spiro atoms. The van der Waals surface area contributed by atoms with Gasteiger partial charge < -0.3 is 19.9 Å². The molecular weight excluding hydrogens is 428 g/mol. The van der Waals surface area contributed by atoms with Crippen molar-refractivity contribution in [1.29, 1.82) is 0 Å². The fourth-order valence-electron chi connectivity index (χ4n) is 3.09. The molecule has 1 aliphatic carbocycles. The maximum atomic E-state index is 12.9. The number of methoxy groups -OCH3 is 1. The van der Waals surface area contributed by atoms with Gasteiger partial charge >= 0.3 is 5.97 Å². The molecule has 0 aromatic carbocycles. The first-order valence-corrected chi connectivity index (χ1v) is 10.6. The monoisotopic (exact) mass is 446 g/mol. The van der Waals surface area contributed by atoms with E-state index in [-0.39, 0.29) is 22.9 Å². The van der Waals surface area contributed by atoms with Gasteiger partial charge in [0.15, 0.2) is 0 Å². The van der Waals surface area contributed by atoms with Gasteiger partial charge in [-0.3, -0.25) is 9.59 Å². The van der Waals surface area contributed by atoms with Gasteiger partial charge in [-0.05, 0) is 19.8 Å². The van der Waals surface area contributed by atoms with E-state index < -0.39 is 5.97 Å². The molecule has 1 saturated carbocycles. The zero-order valence-corrected chi connectivity index (χ0v) is 17.9. The number of pyridine rings is 2. The van der Waals surface area contributed by atoms with E-state index in [9.17, 15) is 14.4 Å². The van der Waals surface area contributed by atoms with E-state index in [1.165, 1.54) is 29.2 Å². The summed E-state index contributed by atoms with van der Waals surface area (Å²) in [6, 6.07) is 1.55. The number of anilines is 3. The SMILES string of the molecule is CCn1cc(Cl)c2scc(Nc3cc(NC(=O)C4CC4)ncc3C(=O)OC)c2c1=O. The van der Waals surface area contributed by atoms with Gasteiger partial charge in [-0.25, -0.2) is 9.78 Å². The summed E-state index contributed by atoms with van der Waals surface area (Å²) in [5.41, 5.74) is 0.876. The van der Waals surface area contributed by atoms with Crippen molar-refractivity contribution in [2.75, 3.05) is 17.7 Å². The predicted octanol–water partition coefficient (Wildman–Crippen LogP) is 4.01. The molecule has 3 heterocycles. The summed E-state index contributed by atoms with van der Waals surface area (Å²) in [4.78, 5) is 41.3. The fourth-order valence-corrected chi connectivity index (χ4v) is 4.33. The van der Waals surface area contributed by atoms with E-state index in [0.29, 0.717) is 38.8 Å². The average Bonchev–Trinajstić information content (AvgIpc) is 3.51. The number of fused-ring (bicyclic) bond motifs is 1. The topological polar surface area (TPSA) is 102 Å². The molecule has 30 heavy (non-hydrogen) atoms. The standard InChI is InChI=1S/C20H19ClN4O4S/c1-3-25-8-12(21)17-16(19(25)27)14(9-30-17)23-13-6-15(24-18(26)10-4-5-10)22-7-11(13)20(28)29-2/h6-10H,3-5H2,1-2H3,(H2,22,23,24,26). The molecule has 8 nitrogen and oxygen atoms in total. The molecule has 156 valence electrons. The number of amides is 1. The number of esters is 1. The number of aryl methyl sites for hydroxylation is 1. The van der Waals surface area contributed by atoms with Gasteiger partial charge in [0.1, 0.15) is 11.4 Å². The maximum Gasteiger partial charge on any atom is 0.341 e. The van der Waals surface area contributed by atoms with Crippen LogP contribution in [0.15, 0.2) is 28.6 Å². The Morgan fingerprint density at radius 1 is 1.37 bits per heavy atom. The van der Waals surface area contributed by atoms with Gasteiger partial charge in [-0.15, -0.1) is 11.3 Å². The third kappa shape index (κ3) is 3.78. The van der Waals surface area contributed by atoms with Crippen molar-refractivity contribution in [1.82, 2.24) is 9.55 Å². The maximum absolute atomic E-state index is 12.9. The van der Waals surface area contributed by atoms with Crippen LogP contribution in [0.1, 0.15) is 30.1 Å². The molecule has 10 heteroatoms. The van der Waals surface area contributed by atoms with Crippen LogP contribution < -0.4 is 16.2 Å². The zero-order valence-electron chi connectivity index (χ0n) is 16.3. The number of carbonyl (C=O) groups is 2. The van der Waals surface area contributed by atoms with Crippen molar-refractivity contribution in [2.45, 2.75) is 26.3 Å². The van der Waals surface area contributed by atoms with Crippen LogP contribution in [0.25, 0.3) is 10.1 Å². The van der Waals surface area contributed by atoms with E-state index in [2.05, 4.69) is 15.6 Å². The first kappa shape index (κ1) is 20.4. The van der Waals surface area contributed by atoms with Gasteiger partial charge in [-0.2, -0.15) is 0 Å². The van der Waals surface area contributed by atoms with E-state index in [1.807, 2.05) is 6.92 Å². The summed E-state index contributed by atoms with van der Waals surface area (Å²) in [5.74, 6) is -0.365. The lowest BCUT2D eigenvalue weighted by molar-refractivity contribution is -0.117. The van der Waals surface area contributed by atoms with Crippen LogP contribution in [0.3, 0.4) is 0 Å². The van der Waals surface area contributed by atoms with Crippen LogP contribution in [0.5, 0.6) is 0 Å². The average molecular weight is 447 g/mol. The molecule has 1 aliphatic rings. The highest BCUT2D eigenvalue weighted by Crippen LogP contribution is 2.36. The summed E-state index contributed by atoms with van der Waals surface area (Å²) in [6.45, 7) is 2.33. The molecule has 3 aromatic heterocycles. The predicted molar refractivity (Wildman–Crippen MR) is 117 cm³/mol. The largest absolute Gasteiger partial charge is 0.465 e. The molecule has 0 radical (unpaired) electrons. The summed E-state index contributed by atoms with van der Waals surface area (Å²) >= 11 is 7.67. The molecule has 0 atom stereocenters. The number of hydrogen-bond acceptors (Lipinski definition) is 7. The van der Waals surface area contributed by atoms with Crippen LogP contribution in [-0.2, 0) is 16.1 Å². The highest BCUT2D eigenvalue weighted by atomic mass is 35.5. The molecule has 1 fully saturated rings. The summed E-state index contributed by atoms with van der Waals surface area (Å²) in [5, 5.41) is 8.57. The Balaban J connectivity index is 1.77. The molecule has 0 aliphatic heterocycles. The minimum atomic E-state index is -0.589. The van der Waals surface area contributed by atoms with Gasteiger partial charge in [0.25, 0.3) is 5.56 Å². The number of aromatic nitrogens is 2. The third-order valence-corrected chi connectivity index (χ3v) is 6.28. The summed E-state index contributed by atoms with van der Waals surface area (Å²) < 4.78 is 7.02. The molecule has 0 saturated heterocycles. The van der Waals surface area contributed by atoms with Crippen LogP contribution >= 0.6 is 22.9 Å². The minimum Gasteiger partial charge on any atom is -0.465 e. The van der Waals surface area contributed by atoms with Crippen LogP contribution in [0.2, 0.25) is 5.02 Å². The molecule has 1 amide bonds. The quantitative estimate of drug-likeness (QED) is 0.554. The number of rotatable bonds is 6. The van der Waals surface area contributed by atoms with E-state index in [1.54, 1.807) is 17.6 Å². The molecule has 0 unspecified atom stereocenters. The summed E-state index contributed by atoms with van der Waals surface area (Å²) in [7, 11) is 1.27. The normalized spacial score (nSPS) is 13.3. The highest BCUT2D eigenvalue weighted by molar-refractivity contribution is 7.18. The van der Waals surface area contributed by atoms with Gasteiger partial charge in [0, 0.05) is 36.3 Å². The second-order valence-electron chi connectivity index (χ2n) is 6.92. The van der Waals surface area contributed by atoms with Crippen molar-refractivity contribution < 1.29 is 14.3 Å². The van der Waals surface area contributed by atoms with E-state index >= 15 is 0 Å². The smallest absolute Gasteiger partial charge is 0.341 e. The minimum absolute atomic E-state index is 0.0129. The number of carbonyl (C=O) groups excluding carboxylic acids is 2. The van der Waals surface area contributed by atoms with Crippen LogP contribution in [0.4, 0.5) is 17.2 Å². The Kier molecular flexibility index (Phi) is 5.48. The number of hydrogen-bond donors (Lipinski definition) is 2. The highest BCUT2D eigenvalue weighted by Gasteiger charge is 2.30. The number of ether oxygens (including phenoxy) is 1. The number of nitrogens with zero attached hydrogens (tertiary/aromatic N) is 2. The second-order valence-corrected chi connectivity index (χ2v) is 8.20. The number of nitrogens with one attached hydrogen (secondary N) is 2. The van der Waals surface area contributed by atoms with Crippen molar-refractivity contribution in [3.63, 3.8) is 0 Å². The Hall–Kier alpha value is -2.91. The fraction of sp³-hybridized carbons (Fsp3) is 0.300. The zero-order chi connectivity index (χ0) is 21.4. The van der Waals surface area contributed by atoms with Crippen molar-refractivity contribution in [2.24, 2.45) is 5.92 Å². The Morgan fingerprint density at radius 3 is 2.80 bits per heavy atom. The molecule has 2 N–H and O–H groups in total. The number of thiophene rings is 1. The summed E-state index contributed by atoms with van der Waals surface area (Å²) in [6.07, 6.45) is 4.68. The van der Waals surface area contributed by atoms with Gasteiger partial charge in [-0.1, -0.05) is 11.6 Å². The van der Waals surface area contributed by atoms with E-state index in [4.69, 9.17) is 16.3 Å². The van der Waals surface area contributed by atoms with Gasteiger partial charge in [0.2, 0.25) is 5.91 Å². The van der Waals surface area contributed by atoms with Gasteiger partial charge in [0.05, 0.1) is 33.6 Å². The molecular formula is C20H19ClN4O4S. The first-order chi connectivity index (χ1) is 14.4. The lowest BCUT2D eigenvalue weighted by Crippen LogP contribution is -2.19. The Bertz CT molecular complexity index is 1220. The molecule has 4 rings (SSSR count). The molecule has 0 bridgehead atoms.